The topological polar surface area (TPSA) is 38.9 Å². The van der Waals surface area contributed by atoms with E-state index in [4.69, 9.17) is 5.73 Å². The maximum Gasteiger partial charge on any atom is 0.0797 e. The van der Waals surface area contributed by atoms with E-state index >= 15 is 0 Å². The summed E-state index contributed by atoms with van der Waals surface area (Å²) in [6.07, 6.45) is 3.46. The molecule has 0 saturated carbocycles. The summed E-state index contributed by atoms with van der Waals surface area (Å²) < 4.78 is 0. The molecule has 1 aromatic heterocycles. The molecule has 0 bridgehead atoms. The molecule has 0 radical (unpaired) electrons. The smallest absolute Gasteiger partial charge is 0.0797 e. The van der Waals surface area contributed by atoms with Crippen molar-refractivity contribution in [2.75, 3.05) is 6.54 Å². The maximum atomic E-state index is 5.39. The van der Waals surface area contributed by atoms with E-state index in [1.807, 2.05) is 5.51 Å². The summed E-state index contributed by atoms with van der Waals surface area (Å²) in [5, 5.41) is 0. The summed E-state index contributed by atoms with van der Waals surface area (Å²) in [4.78, 5) is 5.60. The predicted octanol–water partition coefficient (Wildman–Crippen LogP) is 1.73. The van der Waals surface area contributed by atoms with Crippen molar-refractivity contribution in [3.63, 3.8) is 0 Å². The molecule has 0 aliphatic carbocycles. The largest absolute Gasteiger partial charge is 0.330 e. The molecular weight excluding hydrogens is 156 g/mol. The van der Waals surface area contributed by atoms with Crippen LogP contribution in [0.4, 0.5) is 0 Å². The van der Waals surface area contributed by atoms with Gasteiger partial charge >= 0.3 is 0 Å². The van der Waals surface area contributed by atoms with E-state index in [1.54, 1.807) is 11.3 Å². The van der Waals surface area contributed by atoms with E-state index < -0.39 is 0 Å². The normalized spacial score (nSPS) is 10.4. The Balaban J connectivity index is 2.32. The summed E-state index contributed by atoms with van der Waals surface area (Å²) in [5.41, 5.74) is 8.49. The number of thiazole rings is 1. The average molecular weight is 170 g/mol. The van der Waals surface area contributed by atoms with Gasteiger partial charge in [0.25, 0.3) is 0 Å². The third-order valence-electron chi connectivity index (χ3n) is 1.70. The average Bonchev–Trinajstić information content (AvgIpc) is 2.37. The van der Waals surface area contributed by atoms with E-state index in [0.717, 1.165) is 19.4 Å². The third kappa shape index (κ3) is 2.60. The molecule has 62 valence electrons. The van der Waals surface area contributed by atoms with Crippen molar-refractivity contribution in [2.45, 2.75) is 26.2 Å². The molecular formula is C8H14N2S. The molecule has 0 unspecified atom stereocenters. The zero-order valence-electron chi connectivity index (χ0n) is 6.84. The van der Waals surface area contributed by atoms with Gasteiger partial charge in [0, 0.05) is 4.88 Å². The van der Waals surface area contributed by atoms with Crippen LogP contribution in [0.15, 0.2) is 5.51 Å². The van der Waals surface area contributed by atoms with E-state index in [0.29, 0.717) is 0 Å². The first-order valence-corrected chi connectivity index (χ1v) is 4.81. The van der Waals surface area contributed by atoms with Gasteiger partial charge in [0.2, 0.25) is 0 Å². The summed E-state index contributed by atoms with van der Waals surface area (Å²) in [6.45, 7) is 2.87. The maximum absolute atomic E-state index is 5.39. The summed E-state index contributed by atoms with van der Waals surface area (Å²) in [7, 11) is 0. The van der Waals surface area contributed by atoms with Gasteiger partial charge in [-0.25, -0.2) is 4.98 Å². The van der Waals surface area contributed by atoms with Crippen molar-refractivity contribution in [2.24, 2.45) is 5.73 Å². The Kier molecular flexibility index (Phi) is 3.52. The monoisotopic (exact) mass is 170 g/mol. The second-order valence-corrected chi connectivity index (χ2v) is 3.55. The van der Waals surface area contributed by atoms with Crippen molar-refractivity contribution in [1.82, 2.24) is 4.98 Å². The lowest BCUT2D eigenvalue weighted by Crippen LogP contribution is -1.98. The first-order valence-electron chi connectivity index (χ1n) is 3.93. The Hall–Kier alpha value is -0.410. The van der Waals surface area contributed by atoms with Gasteiger partial charge in [-0.1, -0.05) is 0 Å². The first-order chi connectivity index (χ1) is 5.34. The van der Waals surface area contributed by atoms with Crippen LogP contribution in [-0.2, 0) is 6.42 Å². The zero-order chi connectivity index (χ0) is 8.10. The summed E-state index contributed by atoms with van der Waals surface area (Å²) in [6, 6.07) is 0. The van der Waals surface area contributed by atoms with Gasteiger partial charge in [-0.3, -0.25) is 0 Å². The number of aryl methyl sites for hydroxylation is 2. The highest BCUT2D eigenvalue weighted by atomic mass is 32.1. The molecule has 0 atom stereocenters. The molecule has 0 spiro atoms. The fraction of sp³-hybridized carbons (Fsp3) is 0.625. The molecule has 1 heterocycles. The predicted molar refractivity (Wildman–Crippen MR) is 48.8 cm³/mol. The van der Waals surface area contributed by atoms with Crippen LogP contribution in [0.2, 0.25) is 0 Å². The number of hydrogen-bond acceptors (Lipinski definition) is 3. The molecule has 0 aliphatic heterocycles. The molecule has 0 fully saturated rings. The SMILES string of the molecule is Cc1ncsc1CCCCN. The summed E-state index contributed by atoms with van der Waals surface area (Å²) >= 11 is 1.75. The Morgan fingerprint density at radius 3 is 2.91 bits per heavy atom. The number of hydrogen-bond donors (Lipinski definition) is 1. The van der Waals surface area contributed by atoms with Gasteiger partial charge in [0.15, 0.2) is 0 Å². The number of unbranched alkanes of at least 4 members (excludes halogenated alkanes) is 1. The fourth-order valence-electron chi connectivity index (χ4n) is 0.996. The van der Waals surface area contributed by atoms with Gasteiger partial charge < -0.3 is 5.73 Å². The second-order valence-electron chi connectivity index (χ2n) is 2.61. The molecule has 2 nitrogen and oxygen atoms in total. The van der Waals surface area contributed by atoms with Gasteiger partial charge in [-0.2, -0.15) is 0 Å². The Morgan fingerprint density at radius 1 is 1.55 bits per heavy atom. The zero-order valence-corrected chi connectivity index (χ0v) is 7.66. The number of rotatable bonds is 4. The Morgan fingerprint density at radius 2 is 2.36 bits per heavy atom. The minimum absolute atomic E-state index is 0.803. The second kappa shape index (κ2) is 4.46. The van der Waals surface area contributed by atoms with Gasteiger partial charge in [-0.15, -0.1) is 11.3 Å². The lowest BCUT2D eigenvalue weighted by Gasteiger charge is -1.96. The molecule has 1 rings (SSSR count). The minimum Gasteiger partial charge on any atom is -0.330 e. The van der Waals surface area contributed by atoms with Gasteiger partial charge in [-0.05, 0) is 32.7 Å². The molecule has 0 aromatic carbocycles. The number of nitrogens with zero attached hydrogens (tertiary/aromatic N) is 1. The van der Waals surface area contributed by atoms with Crippen LogP contribution in [0.1, 0.15) is 23.4 Å². The van der Waals surface area contributed by atoms with Gasteiger partial charge in [0.1, 0.15) is 0 Å². The molecule has 0 amide bonds. The number of nitrogens with two attached hydrogens (primary N) is 1. The van der Waals surface area contributed by atoms with E-state index in [2.05, 4.69) is 11.9 Å². The van der Waals surface area contributed by atoms with Crippen molar-refractivity contribution in [3.8, 4) is 0 Å². The first kappa shape index (κ1) is 8.68. The van der Waals surface area contributed by atoms with Crippen LogP contribution < -0.4 is 5.73 Å². The lowest BCUT2D eigenvalue weighted by molar-refractivity contribution is 0.747. The van der Waals surface area contributed by atoms with Gasteiger partial charge in [0.05, 0.1) is 11.2 Å². The molecule has 0 saturated heterocycles. The van der Waals surface area contributed by atoms with Crippen molar-refractivity contribution in [1.29, 1.82) is 0 Å². The van der Waals surface area contributed by atoms with E-state index in [9.17, 15) is 0 Å². The van der Waals surface area contributed by atoms with Crippen molar-refractivity contribution < 1.29 is 0 Å². The van der Waals surface area contributed by atoms with Crippen LogP contribution in [0, 0.1) is 6.92 Å². The summed E-state index contributed by atoms with van der Waals surface area (Å²) in [5.74, 6) is 0. The standard InChI is InChI=1S/C8H14N2S/c1-7-8(11-6-10-7)4-2-3-5-9/h6H,2-5,9H2,1H3. The van der Waals surface area contributed by atoms with Crippen LogP contribution in [0.3, 0.4) is 0 Å². The highest BCUT2D eigenvalue weighted by molar-refractivity contribution is 7.09. The van der Waals surface area contributed by atoms with Crippen molar-refractivity contribution in [3.05, 3.63) is 16.1 Å². The van der Waals surface area contributed by atoms with Crippen molar-refractivity contribution >= 4 is 11.3 Å². The molecule has 11 heavy (non-hydrogen) atoms. The van der Waals surface area contributed by atoms with Crippen LogP contribution >= 0.6 is 11.3 Å². The highest BCUT2D eigenvalue weighted by Gasteiger charge is 1.99. The lowest BCUT2D eigenvalue weighted by atomic mass is 10.2. The third-order valence-corrected chi connectivity index (χ3v) is 2.70. The minimum atomic E-state index is 0.803. The number of aromatic nitrogens is 1. The highest BCUT2D eigenvalue weighted by Crippen LogP contribution is 2.14. The van der Waals surface area contributed by atoms with Crippen LogP contribution in [-0.4, -0.2) is 11.5 Å². The molecule has 2 N–H and O–H groups in total. The molecule has 3 heteroatoms. The van der Waals surface area contributed by atoms with Crippen LogP contribution in [0.5, 0.6) is 0 Å². The van der Waals surface area contributed by atoms with E-state index in [-0.39, 0.29) is 0 Å². The van der Waals surface area contributed by atoms with Crippen LogP contribution in [0.25, 0.3) is 0 Å². The quantitative estimate of drug-likeness (QED) is 0.699. The molecule has 0 aliphatic rings. The van der Waals surface area contributed by atoms with E-state index in [1.165, 1.54) is 17.0 Å². The Bertz CT molecular complexity index is 208. The molecule has 1 aromatic rings. The Labute approximate surface area is 71.5 Å². The fourth-order valence-corrected chi connectivity index (χ4v) is 1.82.